The largest absolute Gasteiger partial charge is 0.344 e. The molecule has 0 fully saturated rings. The maximum absolute atomic E-state index is 6.01. The molecule has 2 heteroatoms. The van der Waals surface area contributed by atoms with Gasteiger partial charge in [-0.25, -0.2) is 0 Å². The highest BCUT2D eigenvalue weighted by molar-refractivity contribution is 6.17. The number of halogens is 1. The van der Waals surface area contributed by atoms with Crippen LogP contribution in [-0.2, 0) is 5.88 Å². The number of aryl methyl sites for hydroxylation is 1. The lowest BCUT2D eigenvalue weighted by Gasteiger charge is -2.22. The second-order valence-corrected chi connectivity index (χ2v) is 4.43. The highest BCUT2D eigenvalue weighted by Crippen LogP contribution is 2.28. The minimum atomic E-state index is 0.536. The van der Waals surface area contributed by atoms with Gasteiger partial charge in [-0.3, -0.25) is 0 Å². The molecule has 1 nitrogen and oxygen atoms in total. The molecule has 0 heterocycles. The molecule has 0 spiro atoms. The molecular formula is C15H16ClN. The predicted molar refractivity (Wildman–Crippen MR) is 75.2 cm³/mol. The topological polar surface area (TPSA) is 3.24 Å². The molecule has 0 radical (unpaired) electrons. The number of hydrogen-bond acceptors (Lipinski definition) is 1. The molecule has 0 aromatic heterocycles. The monoisotopic (exact) mass is 245 g/mol. The Balaban J connectivity index is 2.40. The lowest BCUT2D eigenvalue weighted by Crippen LogP contribution is -2.11. The first-order valence-electron chi connectivity index (χ1n) is 5.66. The number of nitrogens with zero attached hydrogens (tertiary/aromatic N) is 1. The Morgan fingerprint density at radius 1 is 1.06 bits per heavy atom. The first kappa shape index (κ1) is 12.0. The van der Waals surface area contributed by atoms with Crippen LogP contribution in [-0.4, -0.2) is 7.05 Å². The van der Waals surface area contributed by atoms with Gasteiger partial charge in [0.05, 0.1) is 0 Å². The number of rotatable bonds is 3. The van der Waals surface area contributed by atoms with E-state index in [4.69, 9.17) is 11.6 Å². The van der Waals surface area contributed by atoms with E-state index < -0.39 is 0 Å². The zero-order valence-corrected chi connectivity index (χ0v) is 10.9. The molecule has 2 rings (SSSR count). The van der Waals surface area contributed by atoms with Crippen LogP contribution in [0.15, 0.2) is 48.5 Å². The summed E-state index contributed by atoms with van der Waals surface area (Å²) in [7, 11) is 2.07. The third-order valence-electron chi connectivity index (χ3n) is 2.88. The summed E-state index contributed by atoms with van der Waals surface area (Å²) < 4.78 is 0. The van der Waals surface area contributed by atoms with E-state index in [0.29, 0.717) is 5.88 Å². The van der Waals surface area contributed by atoms with Crippen molar-refractivity contribution in [2.45, 2.75) is 12.8 Å². The minimum Gasteiger partial charge on any atom is -0.344 e. The van der Waals surface area contributed by atoms with Crippen molar-refractivity contribution < 1.29 is 0 Å². The van der Waals surface area contributed by atoms with Crippen LogP contribution in [0.1, 0.15) is 11.1 Å². The van der Waals surface area contributed by atoms with Gasteiger partial charge < -0.3 is 4.90 Å². The molecule has 88 valence electrons. The van der Waals surface area contributed by atoms with Crippen LogP contribution in [0.5, 0.6) is 0 Å². The Hall–Kier alpha value is -1.47. The molecule has 0 bridgehead atoms. The molecular weight excluding hydrogens is 230 g/mol. The van der Waals surface area contributed by atoms with Gasteiger partial charge in [-0.2, -0.15) is 0 Å². The fourth-order valence-electron chi connectivity index (χ4n) is 1.94. The average molecular weight is 246 g/mol. The molecule has 0 N–H and O–H groups in total. The van der Waals surface area contributed by atoms with Gasteiger partial charge in [0.1, 0.15) is 0 Å². The van der Waals surface area contributed by atoms with Gasteiger partial charge in [-0.05, 0) is 30.7 Å². The fraction of sp³-hybridized carbons (Fsp3) is 0.200. The van der Waals surface area contributed by atoms with Gasteiger partial charge in [0.2, 0.25) is 0 Å². The van der Waals surface area contributed by atoms with Crippen LogP contribution < -0.4 is 4.90 Å². The van der Waals surface area contributed by atoms with E-state index in [2.05, 4.69) is 49.2 Å². The van der Waals surface area contributed by atoms with Crippen LogP contribution >= 0.6 is 11.6 Å². The van der Waals surface area contributed by atoms with Crippen molar-refractivity contribution in [3.63, 3.8) is 0 Å². The van der Waals surface area contributed by atoms with Gasteiger partial charge in [0.25, 0.3) is 0 Å². The SMILES string of the molecule is Cc1ccc(N(C)c2ccccc2)c(CCl)c1. The van der Waals surface area contributed by atoms with Crippen molar-refractivity contribution in [2.24, 2.45) is 0 Å². The van der Waals surface area contributed by atoms with Gasteiger partial charge in [0.15, 0.2) is 0 Å². The van der Waals surface area contributed by atoms with E-state index in [-0.39, 0.29) is 0 Å². The second kappa shape index (κ2) is 5.24. The number of para-hydroxylation sites is 1. The average Bonchev–Trinajstić information content (AvgIpc) is 2.39. The number of hydrogen-bond donors (Lipinski definition) is 0. The molecule has 0 atom stereocenters. The second-order valence-electron chi connectivity index (χ2n) is 4.16. The normalized spacial score (nSPS) is 10.3. The Bertz CT molecular complexity index is 494. The van der Waals surface area contributed by atoms with Crippen LogP contribution in [0.4, 0.5) is 11.4 Å². The molecule has 0 aliphatic carbocycles. The number of benzene rings is 2. The van der Waals surface area contributed by atoms with Crippen molar-refractivity contribution in [3.8, 4) is 0 Å². The molecule has 0 saturated carbocycles. The molecule has 0 unspecified atom stereocenters. The Labute approximate surface area is 108 Å². The van der Waals surface area contributed by atoms with Crippen molar-refractivity contribution in [1.29, 1.82) is 0 Å². The maximum atomic E-state index is 6.01. The predicted octanol–water partition coefficient (Wildman–Crippen LogP) is 4.50. The Kier molecular flexibility index (Phi) is 3.70. The third kappa shape index (κ3) is 2.62. The van der Waals surface area contributed by atoms with E-state index in [1.54, 1.807) is 0 Å². The highest BCUT2D eigenvalue weighted by atomic mass is 35.5. The van der Waals surface area contributed by atoms with E-state index in [1.165, 1.54) is 11.3 Å². The smallest absolute Gasteiger partial charge is 0.0494 e. The van der Waals surface area contributed by atoms with E-state index >= 15 is 0 Å². The van der Waals surface area contributed by atoms with Crippen LogP contribution in [0.25, 0.3) is 0 Å². The first-order valence-corrected chi connectivity index (χ1v) is 6.20. The Morgan fingerprint density at radius 3 is 2.41 bits per heavy atom. The quantitative estimate of drug-likeness (QED) is 0.720. The van der Waals surface area contributed by atoms with Gasteiger partial charge in [0, 0.05) is 24.3 Å². The van der Waals surface area contributed by atoms with Crippen molar-refractivity contribution in [1.82, 2.24) is 0 Å². The Morgan fingerprint density at radius 2 is 1.76 bits per heavy atom. The molecule has 2 aromatic rings. The lowest BCUT2D eigenvalue weighted by atomic mass is 10.1. The first-order chi connectivity index (χ1) is 8.22. The summed E-state index contributed by atoms with van der Waals surface area (Å²) in [6.07, 6.45) is 0. The van der Waals surface area contributed by atoms with Crippen LogP contribution in [0.2, 0.25) is 0 Å². The van der Waals surface area contributed by atoms with Crippen molar-refractivity contribution >= 4 is 23.0 Å². The standard InChI is InChI=1S/C15H16ClN/c1-12-8-9-15(13(10-12)11-16)17(2)14-6-4-3-5-7-14/h3-10H,11H2,1-2H3. The zero-order chi connectivity index (χ0) is 12.3. The molecule has 17 heavy (non-hydrogen) atoms. The summed E-state index contributed by atoms with van der Waals surface area (Å²) in [4.78, 5) is 2.16. The number of anilines is 2. The third-order valence-corrected chi connectivity index (χ3v) is 3.17. The van der Waals surface area contributed by atoms with Crippen LogP contribution in [0.3, 0.4) is 0 Å². The summed E-state index contributed by atoms with van der Waals surface area (Å²) in [5, 5.41) is 0. The van der Waals surface area contributed by atoms with E-state index in [9.17, 15) is 0 Å². The van der Waals surface area contributed by atoms with Crippen molar-refractivity contribution in [2.75, 3.05) is 11.9 Å². The molecule has 0 aliphatic rings. The summed E-state index contributed by atoms with van der Waals surface area (Å²) in [6.45, 7) is 2.09. The maximum Gasteiger partial charge on any atom is 0.0494 e. The highest BCUT2D eigenvalue weighted by Gasteiger charge is 2.08. The van der Waals surface area contributed by atoms with Crippen molar-refractivity contribution in [3.05, 3.63) is 59.7 Å². The van der Waals surface area contributed by atoms with Crippen LogP contribution in [0, 0.1) is 6.92 Å². The molecule has 0 aliphatic heterocycles. The fourth-order valence-corrected chi connectivity index (χ4v) is 2.15. The van der Waals surface area contributed by atoms with Gasteiger partial charge >= 0.3 is 0 Å². The zero-order valence-electron chi connectivity index (χ0n) is 10.2. The summed E-state index contributed by atoms with van der Waals surface area (Å²) >= 11 is 6.01. The van der Waals surface area contributed by atoms with Gasteiger partial charge in [-0.15, -0.1) is 11.6 Å². The molecule has 0 saturated heterocycles. The van der Waals surface area contributed by atoms with E-state index in [1.807, 2.05) is 18.2 Å². The minimum absolute atomic E-state index is 0.536. The summed E-state index contributed by atoms with van der Waals surface area (Å²) in [5.41, 5.74) is 4.74. The number of alkyl halides is 1. The van der Waals surface area contributed by atoms with E-state index in [0.717, 1.165) is 11.3 Å². The van der Waals surface area contributed by atoms with Gasteiger partial charge in [-0.1, -0.05) is 35.9 Å². The summed E-state index contributed by atoms with van der Waals surface area (Å²) in [6, 6.07) is 16.7. The molecule has 0 amide bonds. The molecule has 2 aromatic carbocycles. The lowest BCUT2D eigenvalue weighted by molar-refractivity contribution is 1.17. The summed E-state index contributed by atoms with van der Waals surface area (Å²) in [5.74, 6) is 0.536.